The predicted molar refractivity (Wildman–Crippen MR) is 114 cm³/mol. The third kappa shape index (κ3) is 3.69. The van der Waals surface area contributed by atoms with Gasteiger partial charge in [-0.3, -0.25) is 4.79 Å². The molecule has 10 heteroatoms. The molecular weight excluding hydrogens is 418 g/mol. The molecule has 0 aliphatic heterocycles. The first-order valence-corrected chi connectivity index (χ1v) is 9.51. The lowest BCUT2D eigenvalue weighted by atomic mass is 10.2. The molecule has 0 aliphatic rings. The second kappa shape index (κ2) is 7.99. The average molecular weight is 432 g/mol. The Morgan fingerprint density at radius 1 is 0.938 bits per heavy atom. The van der Waals surface area contributed by atoms with Crippen molar-refractivity contribution in [3.8, 4) is 17.1 Å². The zero-order valence-electron chi connectivity index (χ0n) is 16.3. The summed E-state index contributed by atoms with van der Waals surface area (Å²) in [6, 6.07) is 18.3. The SMILES string of the molecule is O=c1nccccc1Nc1nc2ccccc2c2nc(-c3ccc(OC(F)F)cc3)nn12. The highest BCUT2D eigenvalue weighted by Gasteiger charge is 2.16. The van der Waals surface area contributed by atoms with E-state index < -0.39 is 12.2 Å². The van der Waals surface area contributed by atoms with E-state index in [9.17, 15) is 13.6 Å². The van der Waals surface area contributed by atoms with E-state index in [0.29, 0.717) is 22.6 Å². The molecule has 3 heterocycles. The van der Waals surface area contributed by atoms with Crippen molar-refractivity contribution in [1.29, 1.82) is 0 Å². The zero-order chi connectivity index (χ0) is 22.1. The molecule has 0 bridgehead atoms. The van der Waals surface area contributed by atoms with Gasteiger partial charge in [0, 0.05) is 17.1 Å². The maximum Gasteiger partial charge on any atom is 0.387 e. The summed E-state index contributed by atoms with van der Waals surface area (Å²) >= 11 is 0. The maximum atomic E-state index is 12.4. The number of nitrogens with zero attached hydrogens (tertiary/aromatic N) is 5. The van der Waals surface area contributed by atoms with Crippen molar-refractivity contribution in [3.63, 3.8) is 0 Å². The molecule has 2 aromatic carbocycles. The summed E-state index contributed by atoms with van der Waals surface area (Å²) in [5.74, 6) is 0.670. The quantitative estimate of drug-likeness (QED) is 0.448. The van der Waals surface area contributed by atoms with E-state index in [-0.39, 0.29) is 17.4 Å². The first kappa shape index (κ1) is 19.5. The number of fused-ring (bicyclic) bond motifs is 3. The number of benzene rings is 2. The van der Waals surface area contributed by atoms with Crippen molar-refractivity contribution in [2.24, 2.45) is 0 Å². The summed E-state index contributed by atoms with van der Waals surface area (Å²) in [6.45, 7) is -2.90. The molecular formula is C22H14F2N6O2. The fourth-order valence-electron chi connectivity index (χ4n) is 3.21. The lowest BCUT2D eigenvalue weighted by Crippen LogP contribution is -2.11. The van der Waals surface area contributed by atoms with Crippen molar-refractivity contribution in [2.45, 2.75) is 6.61 Å². The van der Waals surface area contributed by atoms with Gasteiger partial charge in [-0.2, -0.15) is 13.3 Å². The third-order valence-electron chi connectivity index (χ3n) is 4.65. The summed E-state index contributed by atoms with van der Waals surface area (Å²) in [5.41, 5.74) is 1.55. The molecule has 0 saturated carbocycles. The number of nitrogens with one attached hydrogen (secondary N) is 1. The molecule has 0 spiro atoms. The zero-order valence-corrected chi connectivity index (χ0v) is 16.3. The van der Waals surface area contributed by atoms with Crippen LogP contribution in [0.15, 0.2) is 77.7 Å². The van der Waals surface area contributed by atoms with Crippen LogP contribution in [0.5, 0.6) is 5.75 Å². The van der Waals surface area contributed by atoms with Crippen molar-refractivity contribution in [2.75, 3.05) is 5.32 Å². The Hall–Kier alpha value is -4.47. The summed E-state index contributed by atoms with van der Waals surface area (Å²) in [5, 5.41) is 8.29. The minimum absolute atomic E-state index is 0.0365. The van der Waals surface area contributed by atoms with Crippen molar-refractivity contribution in [1.82, 2.24) is 24.6 Å². The second-order valence-electron chi connectivity index (χ2n) is 6.70. The van der Waals surface area contributed by atoms with E-state index in [2.05, 4.69) is 30.1 Å². The van der Waals surface area contributed by atoms with E-state index in [1.807, 2.05) is 24.3 Å². The number of ether oxygens (including phenoxy) is 1. The van der Waals surface area contributed by atoms with E-state index >= 15 is 0 Å². The van der Waals surface area contributed by atoms with Crippen LogP contribution in [0.4, 0.5) is 20.4 Å². The Morgan fingerprint density at radius 3 is 2.53 bits per heavy atom. The fraction of sp³-hybridized carbons (Fsp3) is 0.0455. The molecule has 0 aliphatic carbocycles. The molecule has 32 heavy (non-hydrogen) atoms. The van der Waals surface area contributed by atoms with E-state index in [1.54, 1.807) is 30.3 Å². The molecule has 0 amide bonds. The summed E-state index contributed by atoms with van der Waals surface area (Å²) in [6.07, 6.45) is 1.41. The highest BCUT2D eigenvalue weighted by Crippen LogP contribution is 2.26. The second-order valence-corrected chi connectivity index (χ2v) is 6.70. The molecule has 5 rings (SSSR count). The Balaban J connectivity index is 1.65. The number of hydrogen-bond donors (Lipinski definition) is 1. The Bertz CT molecular complexity index is 1490. The first-order chi connectivity index (χ1) is 15.6. The largest absolute Gasteiger partial charge is 0.435 e. The van der Waals surface area contributed by atoms with Gasteiger partial charge in [-0.15, -0.1) is 5.10 Å². The number of alkyl halides is 2. The normalized spacial score (nSPS) is 11.2. The van der Waals surface area contributed by atoms with Crippen LogP contribution in [-0.2, 0) is 0 Å². The van der Waals surface area contributed by atoms with Crippen LogP contribution < -0.4 is 15.6 Å². The fourth-order valence-corrected chi connectivity index (χ4v) is 3.21. The Morgan fingerprint density at radius 2 is 1.72 bits per heavy atom. The van der Waals surface area contributed by atoms with Gasteiger partial charge in [-0.05, 0) is 48.5 Å². The average Bonchev–Trinajstić information content (AvgIpc) is 3.14. The Labute approximate surface area is 179 Å². The smallest absolute Gasteiger partial charge is 0.387 e. The van der Waals surface area contributed by atoms with Gasteiger partial charge >= 0.3 is 6.61 Å². The molecule has 5 aromatic rings. The maximum absolute atomic E-state index is 12.4. The topological polar surface area (TPSA) is 94.3 Å². The van der Waals surface area contributed by atoms with Crippen LogP contribution in [0, 0.1) is 0 Å². The lowest BCUT2D eigenvalue weighted by Gasteiger charge is -2.07. The Kier molecular flexibility index (Phi) is 4.86. The monoisotopic (exact) mass is 432 g/mol. The minimum Gasteiger partial charge on any atom is -0.435 e. The summed E-state index contributed by atoms with van der Waals surface area (Å²) in [7, 11) is 0. The summed E-state index contributed by atoms with van der Waals surface area (Å²) in [4.78, 5) is 25.3. The van der Waals surface area contributed by atoms with Gasteiger partial charge in [0.25, 0.3) is 5.56 Å². The molecule has 3 aromatic heterocycles. The van der Waals surface area contributed by atoms with Crippen LogP contribution >= 0.6 is 0 Å². The van der Waals surface area contributed by atoms with Gasteiger partial charge < -0.3 is 10.1 Å². The summed E-state index contributed by atoms with van der Waals surface area (Å²) < 4.78 is 30.7. The van der Waals surface area contributed by atoms with Gasteiger partial charge in [-0.25, -0.2) is 15.0 Å². The molecule has 0 atom stereocenters. The van der Waals surface area contributed by atoms with Crippen molar-refractivity contribution >= 4 is 28.2 Å². The van der Waals surface area contributed by atoms with Gasteiger partial charge in [0.05, 0.1) is 5.52 Å². The van der Waals surface area contributed by atoms with Gasteiger partial charge in [0.1, 0.15) is 11.4 Å². The number of para-hydroxylation sites is 1. The molecule has 1 N–H and O–H groups in total. The van der Waals surface area contributed by atoms with E-state index in [4.69, 9.17) is 0 Å². The lowest BCUT2D eigenvalue weighted by molar-refractivity contribution is -0.0498. The van der Waals surface area contributed by atoms with Crippen molar-refractivity contribution in [3.05, 3.63) is 83.3 Å². The first-order valence-electron chi connectivity index (χ1n) is 9.51. The van der Waals surface area contributed by atoms with E-state index in [1.165, 1.54) is 22.8 Å². The molecule has 0 radical (unpaired) electrons. The molecule has 8 nitrogen and oxygen atoms in total. The van der Waals surface area contributed by atoms with Gasteiger partial charge in [-0.1, -0.05) is 18.2 Å². The predicted octanol–water partition coefficient (Wildman–Crippen LogP) is 4.04. The van der Waals surface area contributed by atoms with Gasteiger partial charge in [0.15, 0.2) is 11.5 Å². The number of anilines is 2. The number of hydrogen-bond acceptors (Lipinski definition) is 7. The standard InChI is InChI=1S/C22H14F2N6O2/c23-21(24)32-14-10-8-13(9-11-14)18-28-19-15-5-1-2-6-16(15)26-22(30(19)29-18)27-17-7-3-4-12-25-20(17)31/h1-12,21H,(H,25,26,27,31). The van der Waals surface area contributed by atoms with Crippen LogP contribution in [0.25, 0.3) is 27.9 Å². The minimum atomic E-state index is -2.90. The van der Waals surface area contributed by atoms with Crippen LogP contribution in [0.3, 0.4) is 0 Å². The third-order valence-corrected chi connectivity index (χ3v) is 4.65. The molecule has 0 saturated heterocycles. The molecule has 158 valence electrons. The van der Waals surface area contributed by atoms with Crippen LogP contribution in [0.1, 0.15) is 0 Å². The highest BCUT2D eigenvalue weighted by atomic mass is 19.3. The molecule has 0 unspecified atom stereocenters. The molecule has 0 fully saturated rings. The number of halogens is 2. The van der Waals surface area contributed by atoms with Crippen LogP contribution in [0.2, 0.25) is 0 Å². The van der Waals surface area contributed by atoms with Gasteiger partial charge in [0.2, 0.25) is 5.95 Å². The van der Waals surface area contributed by atoms with E-state index in [0.717, 1.165) is 5.39 Å². The number of aromatic nitrogens is 5. The van der Waals surface area contributed by atoms with Crippen LogP contribution in [-0.4, -0.2) is 31.2 Å². The van der Waals surface area contributed by atoms with Crippen molar-refractivity contribution < 1.29 is 13.5 Å². The highest BCUT2D eigenvalue weighted by molar-refractivity contribution is 5.93. The number of rotatable bonds is 5.